The lowest BCUT2D eigenvalue weighted by molar-refractivity contribution is 0.100. The molecule has 1 aromatic carbocycles. The second kappa shape index (κ2) is 4.89. The Kier molecular flexibility index (Phi) is 4.51. The maximum Gasteiger partial charge on any atom is 0.176 e. The van der Waals surface area contributed by atoms with Gasteiger partial charge in [0, 0.05) is 5.56 Å². The maximum absolute atomic E-state index is 12.5. The average molecular weight is 208 g/mol. The summed E-state index contributed by atoms with van der Waals surface area (Å²) in [5.74, 6) is -2.41. The molecule has 0 aromatic heterocycles. The molecule has 0 aliphatic carbocycles. The van der Waals surface area contributed by atoms with Gasteiger partial charge in [0.1, 0.15) is 0 Å². The molecule has 5 heteroatoms. The number of halogens is 3. The molecule has 0 aliphatic rings. The van der Waals surface area contributed by atoms with Crippen molar-refractivity contribution >= 4 is 18.2 Å². The van der Waals surface area contributed by atoms with E-state index in [9.17, 15) is 13.6 Å². The fraction of sp³-hybridized carbons (Fsp3) is 0.125. The number of Topliss-reactive ketones (excluding diaryl/α,β-unsaturated/α-hetero) is 1. The molecule has 0 saturated heterocycles. The van der Waals surface area contributed by atoms with Crippen LogP contribution in [0, 0.1) is 11.6 Å². The van der Waals surface area contributed by atoms with Crippen LogP contribution >= 0.6 is 12.4 Å². The van der Waals surface area contributed by atoms with E-state index in [1.807, 2.05) is 0 Å². The van der Waals surface area contributed by atoms with E-state index in [0.29, 0.717) is 0 Å². The largest absolute Gasteiger partial charge is 0.324 e. The number of ketones is 1. The molecule has 72 valence electrons. The van der Waals surface area contributed by atoms with Gasteiger partial charge in [-0.15, -0.1) is 12.4 Å². The molecule has 0 atom stereocenters. The van der Waals surface area contributed by atoms with Gasteiger partial charge in [-0.2, -0.15) is 0 Å². The number of hydrogen-bond donors (Lipinski definition) is 1. The number of benzene rings is 1. The maximum atomic E-state index is 12.5. The molecule has 0 saturated carbocycles. The first-order valence-electron chi connectivity index (χ1n) is 3.33. The highest BCUT2D eigenvalue weighted by Crippen LogP contribution is 2.08. The summed E-state index contributed by atoms with van der Waals surface area (Å²) in [7, 11) is 0. The molecule has 0 spiro atoms. The molecule has 13 heavy (non-hydrogen) atoms. The lowest BCUT2D eigenvalue weighted by Gasteiger charge is -1.97. The quantitative estimate of drug-likeness (QED) is 0.748. The Bertz CT molecular complexity index is 317. The van der Waals surface area contributed by atoms with Gasteiger partial charge in [-0.05, 0) is 18.2 Å². The molecule has 0 bridgehead atoms. The van der Waals surface area contributed by atoms with E-state index in [2.05, 4.69) is 0 Å². The van der Waals surface area contributed by atoms with Crippen LogP contribution in [-0.2, 0) is 0 Å². The van der Waals surface area contributed by atoms with Crippen molar-refractivity contribution in [1.29, 1.82) is 0 Å². The minimum atomic E-state index is -1.03. The third-order valence-corrected chi connectivity index (χ3v) is 1.43. The van der Waals surface area contributed by atoms with Gasteiger partial charge in [0.2, 0.25) is 0 Å². The van der Waals surface area contributed by atoms with Gasteiger partial charge in [0.25, 0.3) is 0 Å². The van der Waals surface area contributed by atoms with Gasteiger partial charge in [0.15, 0.2) is 17.4 Å². The third kappa shape index (κ3) is 2.75. The fourth-order valence-electron chi connectivity index (χ4n) is 0.787. The normalized spacial score (nSPS) is 9.15. The Morgan fingerprint density at radius 2 is 1.92 bits per heavy atom. The molecule has 0 radical (unpaired) electrons. The zero-order valence-electron chi connectivity index (χ0n) is 6.59. The second-order valence-corrected chi connectivity index (χ2v) is 2.26. The SMILES string of the molecule is Cl.NCC(=O)c1ccc(F)c(F)c1. The van der Waals surface area contributed by atoms with Gasteiger partial charge >= 0.3 is 0 Å². The summed E-state index contributed by atoms with van der Waals surface area (Å²) >= 11 is 0. The van der Waals surface area contributed by atoms with Gasteiger partial charge in [-0.1, -0.05) is 0 Å². The molecule has 0 unspecified atom stereocenters. The molecular formula is C8H8ClF2NO. The van der Waals surface area contributed by atoms with Crippen molar-refractivity contribution in [2.75, 3.05) is 6.54 Å². The highest BCUT2D eigenvalue weighted by Gasteiger charge is 2.07. The first kappa shape index (κ1) is 12.0. The standard InChI is InChI=1S/C8H7F2NO.ClH/c9-6-2-1-5(3-7(6)10)8(12)4-11;/h1-3H,4,11H2;1H. The molecule has 0 aliphatic heterocycles. The zero-order chi connectivity index (χ0) is 9.14. The van der Waals surface area contributed by atoms with Crippen molar-refractivity contribution < 1.29 is 13.6 Å². The van der Waals surface area contributed by atoms with Crippen molar-refractivity contribution in [3.8, 4) is 0 Å². The van der Waals surface area contributed by atoms with Crippen LogP contribution in [0.25, 0.3) is 0 Å². The number of carbonyl (C=O) groups excluding carboxylic acids is 1. The third-order valence-electron chi connectivity index (χ3n) is 1.43. The topological polar surface area (TPSA) is 43.1 Å². The lowest BCUT2D eigenvalue weighted by atomic mass is 10.1. The molecule has 2 N–H and O–H groups in total. The number of rotatable bonds is 2. The Morgan fingerprint density at radius 1 is 1.31 bits per heavy atom. The van der Waals surface area contributed by atoms with E-state index in [1.165, 1.54) is 6.07 Å². The van der Waals surface area contributed by atoms with Crippen LogP contribution < -0.4 is 5.73 Å². The molecule has 0 heterocycles. The summed E-state index contributed by atoms with van der Waals surface area (Å²) in [6.45, 7) is -0.203. The Hall–Kier alpha value is -1.00. The van der Waals surface area contributed by atoms with E-state index >= 15 is 0 Å². The Balaban J connectivity index is 0.00000144. The zero-order valence-corrected chi connectivity index (χ0v) is 7.41. The predicted octanol–water partition coefficient (Wildman–Crippen LogP) is 1.53. The van der Waals surface area contributed by atoms with Crippen LogP contribution in [0.1, 0.15) is 10.4 Å². The van der Waals surface area contributed by atoms with Gasteiger partial charge in [-0.3, -0.25) is 4.79 Å². The van der Waals surface area contributed by atoms with Gasteiger partial charge in [0.05, 0.1) is 6.54 Å². The van der Waals surface area contributed by atoms with Crippen LogP contribution in [0.15, 0.2) is 18.2 Å². The monoisotopic (exact) mass is 207 g/mol. The van der Waals surface area contributed by atoms with Crippen molar-refractivity contribution in [2.24, 2.45) is 5.73 Å². The van der Waals surface area contributed by atoms with Gasteiger partial charge < -0.3 is 5.73 Å². The number of carbonyl (C=O) groups is 1. The lowest BCUT2D eigenvalue weighted by Crippen LogP contribution is -2.13. The van der Waals surface area contributed by atoms with E-state index in [1.54, 1.807) is 0 Å². The van der Waals surface area contributed by atoms with Crippen LogP contribution in [0.4, 0.5) is 8.78 Å². The first-order valence-corrected chi connectivity index (χ1v) is 3.33. The smallest absolute Gasteiger partial charge is 0.176 e. The fourth-order valence-corrected chi connectivity index (χ4v) is 0.787. The highest BCUT2D eigenvalue weighted by atomic mass is 35.5. The van der Waals surface area contributed by atoms with Crippen molar-refractivity contribution in [2.45, 2.75) is 0 Å². The first-order chi connectivity index (χ1) is 5.65. The summed E-state index contributed by atoms with van der Waals surface area (Å²) in [6, 6.07) is 2.94. The molecule has 0 amide bonds. The summed E-state index contributed by atoms with van der Waals surface area (Å²) in [6.07, 6.45) is 0. The molecule has 2 nitrogen and oxygen atoms in total. The number of nitrogens with two attached hydrogens (primary N) is 1. The minimum absolute atomic E-state index is 0. The predicted molar refractivity (Wildman–Crippen MR) is 47.0 cm³/mol. The molecular weight excluding hydrogens is 200 g/mol. The average Bonchev–Trinajstić information content (AvgIpc) is 2.08. The Labute approximate surface area is 80.1 Å². The van der Waals surface area contributed by atoms with Crippen LogP contribution in [-0.4, -0.2) is 12.3 Å². The highest BCUT2D eigenvalue weighted by molar-refractivity contribution is 5.97. The van der Waals surface area contributed by atoms with E-state index in [0.717, 1.165) is 12.1 Å². The van der Waals surface area contributed by atoms with Crippen LogP contribution in [0.2, 0.25) is 0 Å². The van der Waals surface area contributed by atoms with Crippen molar-refractivity contribution in [1.82, 2.24) is 0 Å². The Morgan fingerprint density at radius 3 is 2.38 bits per heavy atom. The van der Waals surface area contributed by atoms with Crippen LogP contribution in [0.3, 0.4) is 0 Å². The van der Waals surface area contributed by atoms with Crippen molar-refractivity contribution in [3.05, 3.63) is 35.4 Å². The number of hydrogen-bond acceptors (Lipinski definition) is 2. The molecule has 1 aromatic rings. The second-order valence-electron chi connectivity index (χ2n) is 2.26. The summed E-state index contributed by atoms with van der Waals surface area (Å²) in [4.78, 5) is 10.9. The van der Waals surface area contributed by atoms with Crippen molar-refractivity contribution in [3.63, 3.8) is 0 Å². The van der Waals surface area contributed by atoms with E-state index < -0.39 is 17.4 Å². The van der Waals surface area contributed by atoms with E-state index in [-0.39, 0.29) is 24.5 Å². The summed E-state index contributed by atoms with van der Waals surface area (Å²) in [5.41, 5.74) is 5.12. The van der Waals surface area contributed by atoms with Crippen LogP contribution in [0.5, 0.6) is 0 Å². The molecule has 1 rings (SSSR count). The minimum Gasteiger partial charge on any atom is -0.324 e. The molecule has 0 fully saturated rings. The van der Waals surface area contributed by atoms with Gasteiger partial charge in [-0.25, -0.2) is 8.78 Å². The summed E-state index contributed by atoms with van der Waals surface area (Å²) < 4.78 is 24.9. The summed E-state index contributed by atoms with van der Waals surface area (Å²) in [5, 5.41) is 0. The van der Waals surface area contributed by atoms with E-state index in [4.69, 9.17) is 5.73 Å².